The van der Waals surface area contributed by atoms with E-state index in [4.69, 9.17) is 0 Å². The minimum absolute atomic E-state index is 0.0658. The summed E-state index contributed by atoms with van der Waals surface area (Å²) in [5.74, 6) is -0.415. The maximum atomic E-state index is 12.2. The van der Waals surface area contributed by atoms with Gasteiger partial charge >= 0.3 is 0 Å². The van der Waals surface area contributed by atoms with Crippen molar-refractivity contribution in [1.29, 1.82) is 0 Å². The van der Waals surface area contributed by atoms with Gasteiger partial charge < -0.3 is 5.11 Å². The molecular formula is C19H18N2O2. The van der Waals surface area contributed by atoms with Crippen LogP contribution in [-0.2, 0) is 10.4 Å². The standard InChI is InChI=1S/C19H18N2O2/c22-18-17-15(13-7-3-1-4-8-13)11-19(23,12-16(17)20-21-18)14-9-5-2-6-10-14/h1-10,15,17,23H,11-12H2,(H,21,22)/t15-,17+,19-/m1/s1. The lowest BCUT2D eigenvalue weighted by Gasteiger charge is -2.40. The normalized spacial score (nSPS) is 29.6. The summed E-state index contributed by atoms with van der Waals surface area (Å²) in [4.78, 5) is 12.2. The lowest BCUT2D eigenvalue weighted by molar-refractivity contribution is -0.123. The van der Waals surface area contributed by atoms with E-state index >= 15 is 0 Å². The van der Waals surface area contributed by atoms with Gasteiger partial charge in [0, 0.05) is 12.3 Å². The fourth-order valence-corrected chi connectivity index (χ4v) is 3.81. The molecule has 23 heavy (non-hydrogen) atoms. The van der Waals surface area contributed by atoms with Crippen LogP contribution in [0.1, 0.15) is 29.9 Å². The van der Waals surface area contributed by atoms with Crippen molar-refractivity contribution in [1.82, 2.24) is 5.43 Å². The summed E-state index contributed by atoms with van der Waals surface area (Å²) in [6.07, 6.45) is 0.905. The predicted octanol–water partition coefficient (Wildman–Crippen LogP) is 2.55. The van der Waals surface area contributed by atoms with Gasteiger partial charge in [0.2, 0.25) is 5.91 Å². The van der Waals surface area contributed by atoms with Gasteiger partial charge in [0.1, 0.15) is 0 Å². The number of benzene rings is 2. The van der Waals surface area contributed by atoms with Gasteiger partial charge in [0.15, 0.2) is 0 Å². The first kappa shape index (κ1) is 14.2. The second-order valence-corrected chi connectivity index (χ2v) is 6.35. The van der Waals surface area contributed by atoms with Crippen molar-refractivity contribution < 1.29 is 9.90 Å². The third-order valence-corrected chi connectivity index (χ3v) is 4.92. The number of carbonyl (C=O) groups is 1. The van der Waals surface area contributed by atoms with Gasteiger partial charge in [0.05, 0.1) is 17.2 Å². The van der Waals surface area contributed by atoms with Crippen LogP contribution in [0, 0.1) is 5.92 Å². The van der Waals surface area contributed by atoms with Gasteiger partial charge in [-0.25, -0.2) is 5.43 Å². The molecule has 0 unspecified atom stereocenters. The Labute approximate surface area is 134 Å². The van der Waals surface area contributed by atoms with Crippen LogP contribution in [0.2, 0.25) is 0 Å². The summed E-state index contributed by atoms with van der Waals surface area (Å²) in [5, 5.41) is 15.5. The first-order chi connectivity index (χ1) is 11.2. The van der Waals surface area contributed by atoms with Crippen molar-refractivity contribution in [2.24, 2.45) is 11.0 Å². The first-order valence-electron chi connectivity index (χ1n) is 7.86. The number of nitrogens with zero attached hydrogens (tertiary/aromatic N) is 1. The maximum Gasteiger partial charge on any atom is 0.249 e. The maximum absolute atomic E-state index is 12.2. The Balaban J connectivity index is 1.78. The zero-order valence-corrected chi connectivity index (χ0v) is 12.6. The number of amides is 1. The number of carbonyl (C=O) groups excluding carboxylic acids is 1. The molecule has 1 amide bonds. The van der Waals surface area contributed by atoms with Crippen LogP contribution in [0.5, 0.6) is 0 Å². The predicted molar refractivity (Wildman–Crippen MR) is 87.8 cm³/mol. The highest BCUT2D eigenvalue weighted by Gasteiger charge is 2.49. The average Bonchev–Trinajstić information content (AvgIpc) is 2.96. The molecule has 1 saturated carbocycles. The van der Waals surface area contributed by atoms with Crippen LogP contribution in [-0.4, -0.2) is 16.7 Å². The van der Waals surface area contributed by atoms with E-state index in [-0.39, 0.29) is 17.7 Å². The highest BCUT2D eigenvalue weighted by atomic mass is 16.3. The van der Waals surface area contributed by atoms with Crippen molar-refractivity contribution in [2.75, 3.05) is 0 Å². The van der Waals surface area contributed by atoms with Crippen molar-refractivity contribution in [3.8, 4) is 0 Å². The highest BCUT2D eigenvalue weighted by molar-refractivity contribution is 6.09. The number of hydrogen-bond acceptors (Lipinski definition) is 3. The molecule has 116 valence electrons. The summed E-state index contributed by atoms with van der Waals surface area (Å²) in [6.45, 7) is 0. The molecule has 4 heteroatoms. The molecule has 2 N–H and O–H groups in total. The van der Waals surface area contributed by atoms with Crippen molar-refractivity contribution in [3.63, 3.8) is 0 Å². The van der Waals surface area contributed by atoms with E-state index in [9.17, 15) is 9.90 Å². The Bertz CT molecular complexity index is 757. The van der Waals surface area contributed by atoms with E-state index in [0.717, 1.165) is 16.8 Å². The Morgan fingerprint density at radius 3 is 2.39 bits per heavy atom. The Kier molecular flexibility index (Phi) is 3.27. The Hall–Kier alpha value is -2.46. The molecule has 3 atom stereocenters. The summed E-state index contributed by atoms with van der Waals surface area (Å²) in [7, 11) is 0. The van der Waals surface area contributed by atoms with E-state index in [2.05, 4.69) is 10.5 Å². The molecule has 1 aliphatic heterocycles. The van der Waals surface area contributed by atoms with Crippen LogP contribution in [0.4, 0.5) is 0 Å². The molecule has 4 rings (SSSR count). The van der Waals surface area contributed by atoms with Gasteiger partial charge in [-0.15, -0.1) is 0 Å². The minimum atomic E-state index is -0.997. The molecule has 0 bridgehead atoms. The van der Waals surface area contributed by atoms with Crippen molar-refractivity contribution in [3.05, 3.63) is 71.8 Å². The van der Waals surface area contributed by atoms with Gasteiger partial charge in [-0.1, -0.05) is 60.7 Å². The quantitative estimate of drug-likeness (QED) is 0.895. The molecule has 0 radical (unpaired) electrons. The third kappa shape index (κ3) is 2.35. The van der Waals surface area contributed by atoms with E-state index < -0.39 is 5.60 Å². The lowest BCUT2D eigenvalue weighted by Crippen LogP contribution is -2.43. The number of rotatable bonds is 2. The summed E-state index contributed by atoms with van der Waals surface area (Å²) < 4.78 is 0. The second-order valence-electron chi connectivity index (χ2n) is 6.35. The summed E-state index contributed by atoms with van der Waals surface area (Å²) in [6, 6.07) is 19.6. The van der Waals surface area contributed by atoms with Crippen LogP contribution in [0.25, 0.3) is 0 Å². The molecule has 1 aliphatic carbocycles. The summed E-state index contributed by atoms with van der Waals surface area (Å²) in [5.41, 5.74) is 4.29. The largest absolute Gasteiger partial charge is 0.385 e. The molecule has 2 aliphatic rings. The fraction of sp³-hybridized carbons (Fsp3) is 0.263. The molecule has 2 aromatic carbocycles. The van der Waals surface area contributed by atoms with E-state index in [1.807, 2.05) is 60.7 Å². The molecule has 1 heterocycles. The topological polar surface area (TPSA) is 61.7 Å². The average molecular weight is 306 g/mol. The third-order valence-electron chi connectivity index (χ3n) is 4.92. The van der Waals surface area contributed by atoms with Crippen molar-refractivity contribution in [2.45, 2.75) is 24.4 Å². The molecule has 2 aromatic rings. The number of fused-ring (bicyclic) bond motifs is 1. The van der Waals surface area contributed by atoms with Gasteiger partial charge in [-0.2, -0.15) is 5.10 Å². The smallest absolute Gasteiger partial charge is 0.249 e. The molecule has 0 saturated heterocycles. The van der Waals surface area contributed by atoms with Crippen LogP contribution in [0.15, 0.2) is 65.8 Å². The number of hydrazone groups is 1. The Morgan fingerprint density at radius 2 is 1.70 bits per heavy atom. The number of aliphatic hydroxyl groups is 1. The molecule has 0 aromatic heterocycles. The fourth-order valence-electron chi connectivity index (χ4n) is 3.81. The zero-order valence-electron chi connectivity index (χ0n) is 12.6. The molecule has 4 nitrogen and oxygen atoms in total. The highest BCUT2D eigenvalue weighted by Crippen LogP contribution is 2.47. The second kappa shape index (κ2) is 5.32. The molecular weight excluding hydrogens is 288 g/mol. The van der Waals surface area contributed by atoms with E-state index in [0.29, 0.717) is 12.8 Å². The zero-order chi connectivity index (χ0) is 15.9. The number of nitrogens with one attached hydrogen (secondary N) is 1. The lowest BCUT2D eigenvalue weighted by atomic mass is 9.66. The minimum Gasteiger partial charge on any atom is -0.385 e. The Morgan fingerprint density at radius 1 is 1.04 bits per heavy atom. The van der Waals surface area contributed by atoms with Crippen LogP contribution < -0.4 is 5.43 Å². The number of hydrogen-bond donors (Lipinski definition) is 2. The molecule has 1 fully saturated rings. The first-order valence-corrected chi connectivity index (χ1v) is 7.86. The van der Waals surface area contributed by atoms with Gasteiger partial charge in [-0.3, -0.25) is 4.79 Å². The van der Waals surface area contributed by atoms with E-state index in [1.165, 1.54) is 0 Å². The van der Waals surface area contributed by atoms with E-state index in [1.54, 1.807) is 0 Å². The van der Waals surface area contributed by atoms with Gasteiger partial charge in [0.25, 0.3) is 0 Å². The SMILES string of the molecule is O=C1NN=C2C[C@@](O)(c3ccccc3)C[C@H](c3ccccc3)[C@H]12. The summed E-state index contributed by atoms with van der Waals surface area (Å²) >= 11 is 0. The van der Waals surface area contributed by atoms with Crippen LogP contribution in [0.3, 0.4) is 0 Å². The van der Waals surface area contributed by atoms with Crippen LogP contribution >= 0.6 is 0 Å². The van der Waals surface area contributed by atoms with Crippen molar-refractivity contribution >= 4 is 11.6 Å². The van der Waals surface area contributed by atoms with Gasteiger partial charge in [-0.05, 0) is 17.5 Å². The monoisotopic (exact) mass is 306 g/mol. The molecule has 0 spiro atoms.